The van der Waals surface area contributed by atoms with Gasteiger partial charge in [0, 0.05) is 0 Å². The van der Waals surface area contributed by atoms with Crippen molar-refractivity contribution in [3.63, 3.8) is 0 Å². The van der Waals surface area contributed by atoms with Crippen LogP contribution < -0.4 is 4.84 Å². The molecule has 0 N–H and O–H groups in total. The summed E-state index contributed by atoms with van der Waals surface area (Å²) in [7, 11) is 0. The Morgan fingerprint density at radius 3 is 2.50 bits per heavy atom. The van der Waals surface area contributed by atoms with Crippen LogP contribution in [0.5, 0.6) is 0 Å². The maximum absolute atomic E-state index is 5.92. The van der Waals surface area contributed by atoms with Crippen LogP contribution in [0.15, 0.2) is 34.9 Å². The first-order valence-corrected chi connectivity index (χ1v) is 6.00. The molecular weight excluding hydrogens is 315 g/mol. The third-order valence-electron chi connectivity index (χ3n) is 1.91. The Balaban J connectivity index is 2.11. The first-order chi connectivity index (χ1) is 7.68. The highest BCUT2D eigenvalue weighted by atomic mass is 79.9. The van der Waals surface area contributed by atoms with Crippen molar-refractivity contribution in [2.75, 3.05) is 0 Å². The quantitative estimate of drug-likeness (QED) is 0.864. The molecular formula is C10H7BrCl2N2O. The number of imidazole rings is 1. The lowest BCUT2D eigenvalue weighted by molar-refractivity contribution is 0.0980. The molecule has 0 radical (unpaired) electrons. The minimum Gasteiger partial charge on any atom is -0.405 e. The molecule has 1 aromatic heterocycles. The summed E-state index contributed by atoms with van der Waals surface area (Å²) in [5, 5.41) is 0.508. The molecule has 0 aliphatic carbocycles. The fourth-order valence-electron chi connectivity index (χ4n) is 1.16. The van der Waals surface area contributed by atoms with Crippen molar-refractivity contribution >= 4 is 39.1 Å². The van der Waals surface area contributed by atoms with Crippen LogP contribution in [0.25, 0.3) is 0 Å². The van der Waals surface area contributed by atoms with E-state index >= 15 is 0 Å². The van der Waals surface area contributed by atoms with E-state index < -0.39 is 0 Å². The minimum absolute atomic E-state index is 0.188. The van der Waals surface area contributed by atoms with Gasteiger partial charge in [-0.05, 0) is 33.1 Å². The molecule has 2 aromatic rings. The molecule has 84 valence electrons. The van der Waals surface area contributed by atoms with Gasteiger partial charge in [-0.25, -0.2) is 4.98 Å². The summed E-state index contributed by atoms with van der Waals surface area (Å²) in [5.41, 5.74) is 1.03. The van der Waals surface area contributed by atoms with Gasteiger partial charge in [0.2, 0.25) is 5.28 Å². The fraction of sp³-hybridized carbons (Fsp3) is 0.100. The zero-order valence-electron chi connectivity index (χ0n) is 8.03. The molecule has 6 heteroatoms. The lowest BCUT2D eigenvalue weighted by Crippen LogP contribution is -2.11. The monoisotopic (exact) mass is 320 g/mol. The molecule has 16 heavy (non-hydrogen) atoms. The molecule has 0 aliphatic heterocycles. The smallest absolute Gasteiger partial charge is 0.239 e. The summed E-state index contributed by atoms with van der Waals surface area (Å²) in [5.74, 6) is 0. The van der Waals surface area contributed by atoms with E-state index in [0.717, 1.165) is 5.56 Å². The highest BCUT2D eigenvalue weighted by Gasteiger charge is 2.12. The summed E-state index contributed by atoms with van der Waals surface area (Å²) in [6.07, 6.45) is 0. The second-order valence-electron chi connectivity index (χ2n) is 3.02. The Morgan fingerprint density at radius 2 is 1.94 bits per heavy atom. The van der Waals surface area contributed by atoms with E-state index in [4.69, 9.17) is 28.0 Å². The third kappa shape index (κ3) is 2.51. The van der Waals surface area contributed by atoms with E-state index in [-0.39, 0.29) is 5.28 Å². The Bertz CT molecular complexity index is 487. The predicted molar refractivity (Wildman–Crippen MR) is 66.7 cm³/mol. The van der Waals surface area contributed by atoms with E-state index in [1.165, 1.54) is 4.73 Å². The predicted octanol–water partition coefficient (Wildman–Crippen LogP) is 3.58. The van der Waals surface area contributed by atoms with Crippen LogP contribution in [0.1, 0.15) is 5.56 Å². The Morgan fingerprint density at radius 1 is 1.25 bits per heavy atom. The molecule has 0 saturated carbocycles. The summed E-state index contributed by atoms with van der Waals surface area (Å²) in [6.45, 7) is 0.378. The SMILES string of the molecule is Clc1nc(Br)c(Cl)n1OCc1ccccc1. The van der Waals surface area contributed by atoms with Crippen molar-refractivity contribution in [3.8, 4) is 0 Å². The largest absolute Gasteiger partial charge is 0.405 e. The van der Waals surface area contributed by atoms with E-state index in [1.54, 1.807) is 0 Å². The van der Waals surface area contributed by atoms with Crippen molar-refractivity contribution < 1.29 is 4.84 Å². The highest BCUT2D eigenvalue weighted by Crippen LogP contribution is 2.24. The minimum atomic E-state index is 0.188. The molecule has 3 nitrogen and oxygen atoms in total. The number of halogens is 3. The number of hydrogen-bond acceptors (Lipinski definition) is 2. The maximum Gasteiger partial charge on any atom is 0.239 e. The number of rotatable bonds is 3. The van der Waals surface area contributed by atoms with Gasteiger partial charge in [0.25, 0.3) is 0 Å². The second-order valence-corrected chi connectivity index (χ2v) is 4.46. The average Bonchev–Trinajstić information content (AvgIpc) is 2.53. The Labute approximate surface area is 111 Å². The Kier molecular flexibility index (Phi) is 3.74. The van der Waals surface area contributed by atoms with Gasteiger partial charge in [0.15, 0.2) is 5.15 Å². The zero-order chi connectivity index (χ0) is 11.5. The molecule has 1 heterocycles. The summed E-state index contributed by atoms with van der Waals surface area (Å²) >= 11 is 14.9. The first-order valence-electron chi connectivity index (χ1n) is 4.45. The van der Waals surface area contributed by atoms with Gasteiger partial charge in [0.1, 0.15) is 11.2 Å². The van der Waals surface area contributed by atoms with Crippen LogP contribution in [0.3, 0.4) is 0 Å². The molecule has 0 fully saturated rings. The second kappa shape index (κ2) is 5.08. The van der Waals surface area contributed by atoms with Crippen molar-refractivity contribution in [2.45, 2.75) is 6.61 Å². The molecule has 0 amide bonds. The fourth-order valence-corrected chi connectivity index (χ4v) is 2.02. The molecule has 2 rings (SSSR count). The van der Waals surface area contributed by atoms with E-state index in [1.807, 2.05) is 30.3 Å². The van der Waals surface area contributed by atoms with E-state index in [9.17, 15) is 0 Å². The molecule has 0 atom stereocenters. The van der Waals surface area contributed by atoms with Gasteiger partial charge >= 0.3 is 0 Å². The zero-order valence-corrected chi connectivity index (χ0v) is 11.1. The van der Waals surface area contributed by atoms with Crippen LogP contribution in [0.2, 0.25) is 10.4 Å². The normalized spacial score (nSPS) is 10.4. The maximum atomic E-state index is 5.92. The number of hydrogen-bond donors (Lipinski definition) is 0. The van der Waals surface area contributed by atoms with Gasteiger partial charge in [0.05, 0.1) is 0 Å². The van der Waals surface area contributed by atoms with Crippen LogP contribution in [-0.4, -0.2) is 9.71 Å². The topological polar surface area (TPSA) is 27.1 Å². The van der Waals surface area contributed by atoms with Crippen LogP contribution >= 0.6 is 39.1 Å². The van der Waals surface area contributed by atoms with Gasteiger partial charge < -0.3 is 4.84 Å². The summed E-state index contributed by atoms with van der Waals surface area (Å²) in [6, 6.07) is 9.72. The van der Waals surface area contributed by atoms with Crippen molar-refractivity contribution in [2.24, 2.45) is 0 Å². The first kappa shape index (κ1) is 11.8. The number of nitrogens with zero attached hydrogens (tertiary/aromatic N) is 2. The van der Waals surface area contributed by atoms with Crippen LogP contribution in [0, 0.1) is 0 Å². The number of benzene rings is 1. The molecule has 0 unspecified atom stereocenters. The van der Waals surface area contributed by atoms with Crippen LogP contribution in [0.4, 0.5) is 0 Å². The summed E-state index contributed by atoms with van der Waals surface area (Å²) < 4.78 is 1.74. The van der Waals surface area contributed by atoms with Crippen molar-refractivity contribution in [1.29, 1.82) is 0 Å². The standard InChI is InChI=1S/C10H7BrCl2N2O/c11-8-9(12)15(10(13)14-8)16-6-7-4-2-1-3-5-7/h1-5H,6H2. The van der Waals surface area contributed by atoms with Gasteiger partial charge in [-0.1, -0.05) is 41.9 Å². The van der Waals surface area contributed by atoms with Crippen LogP contribution in [-0.2, 0) is 6.61 Å². The average molecular weight is 322 g/mol. The van der Waals surface area contributed by atoms with Gasteiger partial charge in [-0.2, -0.15) is 0 Å². The molecule has 0 saturated heterocycles. The Hall–Kier alpha value is -0.710. The lowest BCUT2D eigenvalue weighted by atomic mass is 10.2. The molecule has 0 bridgehead atoms. The van der Waals surface area contributed by atoms with E-state index in [2.05, 4.69) is 20.9 Å². The van der Waals surface area contributed by atoms with Gasteiger partial charge in [-0.15, -0.1) is 4.73 Å². The van der Waals surface area contributed by atoms with Crippen molar-refractivity contribution in [3.05, 3.63) is 50.9 Å². The molecule has 1 aromatic carbocycles. The third-order valence-corrected chi connectivity index (χ3v) is 3.26. The summed E-state index contributed by atoms with van der Waals surface area (Å²) in [4.78, 5) is 9.35. The highest BCUT2D eigenvalue weighted by molar-refractivity contribution is 9.10. The molecule has 0 aliphatic rings. The van der Waals surface area contributed by atoms with Crippen molar-refractivity contribution in [1.82, 2.24) is 9.71 Å². The molecule has 0 spiro atoms. The van der Waals surface area contributed by atoms with E-state index in [0.29, 0.717) is 16.4 Å². The van der Waals surface area contributed by atoms with Gasteiger partial charge in [-0.3, -0.25) is 0 Å². The lowest BCUT2D eigenvalue weighted by Gasteiger charge is -2.07. The number of aromatic nitrogens is 2.